The molecule has 1 saturated heterocycles. The number of hydrogen-bond donors (Lipinski definition) is 0. The summed E-state index contributed by atoms with van der Waals surface area (Å²) in [6, 6.07) is 9.96. The van der Waals surface area contributed by atoms with Crippen LogP contribution in [0.3, 0.4) is 0 Å². The van der Waals surface area contributed by atoms with E-state index in [1.165, 1.54) is 12.1 Å². The zero-order valence-electron chi connectivity index (χ0n) is 19.1. The Morgan fingerprint density at radius 1 is 0.879 bits per heavy atom. The maximum Gasteiger partial charge on any atom is 0.416 e. The van der Waals surface area contributed by atoms with E-state index in [0.29, 0.717) is 16.8 Å². The lowest BCUT2D eigenvalue weighted by atomic mass is 9.95. The van der Waals surface area contributed by atoms with Gasteiger partial charge in [-0.3, -0.25) is 19.4 Å². The second-order valence-corrected chi connectivity index (χ2v) is 9.92. The number of fused-ring (bicyclic) bond motifs is 1. The SMILES string of the molecule is CC(C)(C)CN1CCN(c2cccc3c2C(=O)N(Cc2cccc(C(F)(F)F)c2)C3=O)CC1. The number of amides is 2. The molecule has 2 aromatic rings. The summed E-state index contributed by atoms with van der Waals surface area (Å²) in [4.78, 5) is 31.8. The first-order valence-electron chi connectivity index (χ1n) is 11.1. The van der Waals surface area contributed by atoms with Gasteiger partial charge in [0.2, 0.25) is 0 Å². The van der Waals surface area contributed by atoms with E-state index in [1.807, 2.05) is 6.07 Å². The van der Waals surface area contributed by atoms with E-state index in [4.69, 9.17) is 0 Å². The van der Waals surface area contributed by atoms with Crippen LogP contribution in [0.2, 0.25) is 0 Å². The molecule has 2 aromatic carbocycles. The molecule has 0 saturated carbocycles. The highest BCUT2D eigenvalue weighted by Crippen LogP contribution is 2.34. The summed E-state index contributed by atoms with van der Waals surface area (Å²) in [6.07, 6.45) is -4.49. The van der Waals surface area contributed by atoms with Crippen LogP contribution in [0.25, 0.3) is 0 Å². The Morgan fingerprint density at radius 3 is 2.18 bits per heavy atom. The fourth-order valence-corrected chi connectivity index (χ4v) is 4.57. The van der Waals surface area contributed by atoms with Gasteiger partial charge in [0.25, 0.3) is 11.8 Å². The lowest BCUT2D eigenvalue weighted by Crippen LogP contribution is -2.49. The first kappa shape index (κ1) is 23.3. The van der Waals surface area contributed by atoms with Crippen LogP contribution < -0.4 is 4.90 Å². The Kier molecular flexibility index (Phi) is 5.99. The molecule has 5 nitrogen and oxygen atoms in total. The minimum Gasteiger partial charge on any atom is -0.368 e. The maximum absolute atomic E-state index is 13.3. The highest BCUT2D eigenvalue weighted by atomic mass is 19.4. The topological polar surface area (TPSA) is 43.9 Å². The summed E-state index contributed by atoms with van der Waals surface area (Å²) in [5.74, 6) is -0.930. The van der Waals surface area contributed by atoms with Crippen LogP contribution >= 0.6 is 0 Å². The molecule has 176 valence electrons. The van der Waals surface area contributed by atoms with Crippen molar-refractivity contribution in [3.63, 3.8) is 0 Å². The Hall–Kier alpha value is -2.87. The van der Waals surface area contributed by atoms with Crippen molar-refractivity contribution in [1.82, 2.24) is 9.80 Å². The van der Waals surface area contributed by atoms with Gasteiger partial charge in [0.1, 0.15) is 0 Å². The minimum atomic E-state index is -4.49. The molecule has 2 aliphatic heterocycles. The van der Waals surface area contributed by atoms with Gasteiger partial charge in [-0.1, -0.05) is 39.0 Å². The van der Waals surface area contributed by atoms with Crippen molar-refractivity contribution in [1.29, 1.82) is 0 Å². The van der Waals surface area contributed by atoms with E-state index in [2.05, 4.69) is 30.6 Å². The second kappa shape index (κ2) is 8.48. The number of halogens is 3. The highest BCUT2D eigenvalue weighted by molar-refractivity contribution is 6.23. The summed E-state index contributed by atoms with van der Waals surface area (Å²) >= 11 is 0. The number of anilines is 1. The Labute approximate surface area is 191 Å². The molecule has 0 bridgehead atoms. The largest absolute Gasteiger partial charge is 0.416 e. The van der Waals surface area contributed by atoms with Crippen molar-refractivity contribution < 1.29 is 22.8 Å². The van der Waals surface area contributed by atoms with Crippen molar-refractivity contribution in [2.75, 3.05) is 37.6 Å². The van der Waals surface area contributed by atoms with Gasteiger partial charge >= 0.3 is 6.18 Å². The van der Waals surface area contributed by atoms with Crippen LogP contribution in [0, 0.1) is 5.41 Å². The van der Waals surface area contributed by atoms with E-state index >= 15 is 0 Å². The van der Waals surface area contributed by atoms with E-state index in [0.717, 1.165) is 49.8 Å². The molecule has 4 rings (SSSR count). The fourth-order valence-electron chi connectivity index (χ4n) is 4.57. The van der Waals surface area contributed by atoms with Gasteiger partial charge in [-0.25, -0.2) is 0 Å². The highest BCUT2D eigenvalue weighted by Gasteiger charge is 2.39. The molecule has 0 unspecified atom stereocenters. The number of nitrogens with zero attached hydrogens (tertiary/aromatic N) is 3. The Balaban J connectivity index is 1.54. The van der Waals surface area contributed by atoms with E-state index in [-0.39, 0.29) is 17.5 Å². The first-order chi connectivity index (χ1) is 15.4. The standard InChI is InChI=1S/C25H28F3N3O2/c1-24(2,3)16-29-10-12-30(13-11-29)20-9-5-8-19-21(20)23(33)31(22(19)32)15-17-6-4-7-18(14-17)25(26,27)28/h4-9,14H,10-13,15-16H2,1-3H3. The van der Waals surface area contributed by atoms with Gasteiger partial charge in [0.05, 0.1) is 28.9 Å². The quantitative estimate of drug-likeness (QED) is 0.624. The van der Waals surface area contributed by atoms with E-state index < -0.39 is 23.6 Å². The van der Waals surface area contributed by atoms with Gasteiger partial charge in [0, 0.05) is 32.7 Å². The smallest absolute Gasteiger partial charge is 0.368 e. The molecule has 33 heavy (non-hydrogen) atoms. The number of alkyl halides is 3. The number of carbonyl (C=O) groups is 2. The van der Waals surface area contributed by atoms with Crippen molar-refractivity contribution in [2.45, 2.75) is 33.5 Å². The molecule has 1 fully saturated rings. The molecule has 8 heteroatoms. The number of imide groups is 1. The maximum atomic E-state index is 13.3. The van der Waals surface area contributed by atoms with Gasteiger partial charge < -0.3 is 4.90 Å². The molecule has 0 spiro atoms. The van der Waals surface area contributed by atoms with Crippen LogP contribution in [0.15, 0.2) is 42.5 Å². The molecule has 0 aliphatic carbocycles. The fraction of sp³-hybridized carbons (Fsp3) is 0.440. The molecule has 0 radical (unpaired) electrons. The van der Waals surface area contributed by atoms with Gasteiger partial charge in [-0.15, -0.1) is 0 Å². The van der Waals surface area contributed by atoms with Crippen LogP contribution in [0.1, 0.15) is 52.6 Å². The summed E-state index contributed by atoms with van der Waals surface area (Å²) in [6.45, 7) is 10.6. The molecule has 2 amide bonds. The summed E-state index contributed by atoms with van der Waals surface area (Å²) < 4.78 is 39.2. The van der Waals surface area contributed by atoms with E-state index in [9.17, 15) is 22.8 Å². The average molecular weight is 460 g/mol. The molecule has 2 heterocycles. The lowest BCUT2D eigenvalue weighted by Gasteiger charge is -2.39. The third kappa shape index (κ3) is 4.90. The predicted octanol–water partition coefficient (Wildman–Crippen LogP) is 4.67. The lowest BCUT2D eigenvalue weighted by molar-refractivity contribution is -0.137. The molecule has 2 aliphatic rings. The number of hydrogen-bond acceptors (Lipinski definition) is 4. The van der Waals surface area contributed by atoms with Gasteiger partial charge in [-0.2, -0.15) is 13.2 Å². The predicted molar refractivity (Wildman–Crippen MR) is 120 cm³/mol. The summed E-state index contributed by atoms with van der Waals surface area (Å²) in [7, 11) is 0. The van der Waals surface area contributed by atoms with Gasteiger partial charge in [-0.05, 0) is 35.2 Å². The Morgan fingerprint density at radius 2 is 1.55 bits per heavy atom. The molecular weight excluding hydrogens is 431 g/mol. The number of piperazine rings is 1. The molecule has 0 N–H and O–H groups in total. The van der Waals surface area contributed by atoms with Crippen LogP contribution in [0.4, 0.5) is 18.9 Å². The minimum absolute atomic E-state index is 0.197. The molecular formula is C25H28F3N3O2. The first-order valence-corrected chi connectivity index (χ1v) is 11.1. The van der Waals surface area contributed by atoms with Crippen LogP contribution in [-0.4, -0.2) is 54.3 Å². The zero-order valence-corrected chi connectivity index (χ0v) is 19.1. The third-order valence-corrected chi connectivity index (χ3v) is 5.98. The average Bonchev–Trinajstić information content (AvgIpc) is 2.98. The van der Waals surface area contributed by atoms with Crippen LogP contribution in [0.5, 0.6) is 0 Å². The number of carbonyl (C=O) groups excluding carboxylic acids is 2. The Bertz CT molecular complexity index is 1070. The number of rotatable bonds is 4. The van der Waals surface area contributed by atoms with Crippen molar-refractivity contribution in [3.8, 4) is 0 Å². The zero-order chi connectivity index (χ0) is 24.0. The number of benzene rings is 2. The van der Waals surface area contributed by atoms with Crippen molar-refractivity contribution >= 4 is 17.5 Å². The van der Waals surface area contributed by atoms with E-state index in [1.54, 1.807) is 12.1 Å². The van der Waals surface area contributed by atoms with Crippen molar-refractivity contribution in [3.05, 3.63) is 64.7 Å². The normalized spacial score (nSPS) is 17.6. The summed E-state index contributed by atoms with van der Waals surface area (Å²) in [5, 5.41) is 0. The second-order valence-electron chi connectivity index (χ2n) is 9.92. The molecule has 0 atom stereocenters. The van der Waals surface area contributed by atoms with Gasteiger partial charge in [0.15, 0.2) is 0 Å². The van der Waals surface area contributed by atoms with Crippen molar-refractivity contribution in [2.24, 2.45) is 5.41 Å². The molecule has 0 aromatic heterocycles. The van der Waals surface area contributed by atoms with Crippen LogP contribution in [-0.2, 0) is 12.7 Å². The third-order valence-electron chi connectivity index (χ3n) is 5.98. The summed E-state index contributed by atoms with van der Waals surface area (Å²) in [5.41, 5.74) is 1.03. The monoisotopic (exact) mass is 459 g/mol.